The summed E-state index contributed by atoms with van der Waals surface area (Å²) in [4.78, 5) is 4.35. The van der Waals surface area contributed by atoms with Gasteiger partial charge in [-0.3, -0.25) is 5.01 Å². The number of fused-ring (bicyclic) bond motifs is 1. The van der Waals surface area contributed by atoms with Gasteiger partial charge in [0, 0.05) is 24.7 Å². The summed E-state index contributed by atoms with van der Waals surface area (Å²) < 4.78 is 38.7. The van der Waals surface area contributed by atoms with Crippen molar-refractivity contribution in [2.24, 2.45) is 10.1 Å². The molecule has 3 aromatic rings. The van der Waals surface area contributed by atoms with E-state index in [1.165, 1.54) is 11.1 Å². The van der Waals surface area contributed by atoms with Crippen molar-refractivity contribution in [2.45, 2.75) is 12.6 Å². The van der Waals surface area contributed by atoms with Crippen molar-refractivity contribution in [1.82, 2.24) is 0 Å². The summed E-state index contributed by atoms with van der Waals surface area (Å²) in [7, 11) is 0. The number of hydrogen-bond acceptors (Lipinski definition) is 4. The standard InChI is InChI=1S/C21H16F3N3O/c22-21(23,24)15-5-3-6-16(12-15)27-11-10-20(26-27)25-13-18-17-7-2-1-4-14(17)8-9-19(18)28/h1-9,12-13,28H,10-11H2. The van der Waals surface area contributed by atoms with Gasteiger partial charge in [0.1, 0.15) is 5.75 Å². The number of phenolic OH excluding ortho intramolecular Hbond substituents is 1. The van der Waals surface area contributed by atoms with E-state index in [1.54, 1.807) is 18.3 Å². The van der Waals surface area contributed by atoms with Gasteiger partial charge in [-0.15, -0.1) is 0 Å². The molecule has 1 aliphatic rings. The monoisotopic (exact) mass is 383 g/mol. The van der Waals surface area contributed by atoms with Crippen molar-refractivity contribution in [3.05, 3.63) is 71.8 Å². The Hall–Kier alpha value is -3.35. The number of hydrogen-bond donors (Lipinski definition) is 1. The molecule has 28 heavy (non-hydrogen) atoms. The molecule has 3 aromatic carbocycles. The third kappa shape index (κ3) is 3.55. The summed E-state index contributed by atoms with van der Waals surface area (Å²) in [6.07, 6.45) is -2.35. The zero-order valence-electron chi connectivity index (χ0n) is 14.7. The maximum absolute atomic E-state index is 12.9. The van der Waals surface area contributed by atoms with Crippen LogP contribution in [0.3, 0.4) is 0 Å². The molecule has 0 aromatic heterocycles. The third-order valence-corrected chi connectivity index (χ3v) is 4.55. The van der Waals surface area contributed by atoms with Gasteiger partial charge in [-0.1, -0.05) is 36.4 Å². The molecule has 0 bridgehead atoms. The Balaban J connectivity index is 1.60. The van der Waals surface area contributed by atoms with Crippen molar-refractivity contribution < 1.29 is 18.3 Å². The fraction of sp³-hybridized carbons (Fsp3) is 0.143. The minimum atomic E-state index is -4.40. The molecule has 0 amide bonds. The normalized spacial score (nSPS) is 14.8. The number of alkyl halides is 3. The molecular formula is C21H16F3N3O. The highest BCUT2D eigenvalue weighted by atomic mass is 19.4. The molecule has 4 nitrogen and oxygen atoms in total. The Kier molecular flexibility index (Phi) is 4.50. The second kappa shape index (κ2) is 6.99. The topological polar surface area (TPSA) is 48.2 Å². The molecule has 1 heterocycles. The quantitative estimate of drug-likeness (QED) is 0.618. The van der Waals surface area contributed by atoms with Crippen molar-refractivity contribution in [3.63, 3.8) is 0 Å². The first-order valence-electron chi connectivity index (χ1n) is 8.69. The average molecular weight is 383 g/mol. The predicted octanol–water partition coefficient (Wildman–Crippen LogP) is 5.21. The highest BCUT2D eigenvalue weighted by Crippen LogP contribution is 2.32. The summed E-state index contributed by atoms with van der Waals surface area (Å²) in [6.45, 7) is 0.440. The molecule has 0 saturated heterocycles. The van der Waals surface area contributed by atoms with E-state index in [0.29, 0.717) is 30.1 Å². The second-order valence-electron chi connectivity index (χ2n) is 6.42. The van der Waals surface area contributed by atoms with Gasteiger partial charge in [-0.05, 0) is 35.0 Å². The third-order valence-electron chi connectivity index (χ3n) is 4.55. The zero-order chi connectivity index (χ0) is 19.7. The lowest BCUT2D eigenvalue weighted by Gasteiger charge is -2.15. The number of nitrogens with zero attached hydrogens (tertiary/aromatic N) is 3. The SMILES string of the molecule is Oc1ccc2ccccc2c1C=NC1=NN(c2cccc(C(F)(F)F)c2)CC1. The van der Waals surface area contributed by atoms with Crippen LogP contribution in [-0.2, 0) is 6.18 Å². The highest BCUT2D eigenvalue weighted by molar-refractivity contribution is 6.06. The van der Waals surface area contributed by atoms with Gasteiger partial charge in [0.25, 0.3) is 0 Å². The van der Waals surface area contributed by atoms with Crippen LogP contribution in [0.4, 0.5) is 18.9 Å². The fourth-order valence-electron chi connectivity index (χ4n) is 3.12. The van der Waals surface area contributed by atoms with Crippen LogP contribution in [0.15, 0.2) is 70.8 Å². The summed E-state index contributed by atoms with van der Waals surface area (Å²) in [5, 5.41) is 17.8. The van der Waals surface area contributed by atoms with Crippen LogP contribution < -0.4 is 5.01 Å². The van der Waals surface area contributed by atoms with Crippen LogP contribution in [-0.4, -0.2) is 23.7 Å². The summed E-state index contributed by atoms with van der Waals surface area (Å²) in [5.41, 5.74) is 0.240. The van der Waals surface area contributed by atoms with E-state index in [0.717, 1.165) is 22.9 Å². The van der Waals surface area contributed by atoms with Gasteiger partial charge in [0.05, 0.1) is 11.3 Å². The zero-order valence-corrected chi connectivity index (χ0v) is 14.7. The molecule has 0 spiro atoms. The molecule has 4 rings (SSSR count). The smallest absolute Gasteiger partial charge is 0.416 e. The first kappa shape index (κ1) is 18.0. The molecule has 0 atom stereocenters. The number of rotatable bonds is 2. The van der Waals surface area contributed by atoms with Gasteiger partial charge in [-0.25, -0.2) is 4.99 Å². The molecule has 0 unspecified atom stereocenters. The molecule has 1 aliphatic heterocycles. The van der Waals surface area contributed by atoms with Gasteiger partial charge in [-0.2, -0.15) is 18.3 Å². The highest BCUT2D eigenvalue weighted by Gasteiger charge is 2.31. The minimum absolute atomic E-state index is 0.107. The summed E-state index contributed by atoms with van der Waals surface area (Å²) in [5.74, 6) is 0.598. The average Bonchev–Trinajstić information content (AvgIpc) is 3.16. The Morgan fingerprint density at radius 2 is 1.86 bits per heavy atom. The molecule has 0 saturated carbocycles. The van der Waals surface area contributed by atoms with Crippen molar-refractivity contribution >= 4 is 28.5 Å². The lowest BCUT2D eigenvalue weighted by Crippen LogP contribution is -2.13. The number of anilines is 1. The van der Waals surface area contributed by atoms with Crippen molar-refractivity contribution in [3.8, 4) is 5.75 Å². The van der Waals surface area contributed by atoms with E-state index in [-0.39, 0.29) is 5.75 Å². The molecule has 1 N–H and O–H groups in total. The van der Waals surface area contributed by atoms with E-state index in [9.17, 15) is 18.3 Å². The van der Waals surface area contributed by atoms with Crippen molar-refractivity contribution in [2.75, 3.05) is 11.6 Å². The number of aromatic hydroxyl groups is 1. The molecular weight excluding hydrogens is 367 g/mol. The molecule has 0 fully saturated rings. The first-order valence-corrected chi connectivity index (χ1v) is 8.69. The lowest BCUT2D eigenvalue weighted by molar-refractivity contribution is -0.137. The number of hydrazone groups is 1. The van der Waals surface area contributed by atoms with E-state index in [4.69, 9.17) is 0 Å². The maximum Gasteiger partial charge on any atom is 0.416 e. The minimum Gasteiger partial charge on any atom is -0.507 e. The van der Waals surface area contributed by atoms with Gasteiger partial charge in [0.2, 0.25) is 0 Å². The number of benzene rings is 3. The van der Waals surface area contributed by atoms with Gasteiger partial charge < -0.3 is 5.11 Å². The Labute approximate surface area is 159 Å². The van der Waals surface area contributed by atoms with Gasteiger partial charge >= 0.3 is 6.18 Å². The van der Waals surface area contributed by atoms with Crippen LogP contribution in [0.1, 0.15) is 17.5 Å². The largest absolute Gasteiger partial charge is 0.507 e. The van der Waals surface area contributed by atoms with Crippen LogP contribution >= 0.6 is 0 Å². The lowest BCUT2D eigenvalue weighted by atomic mass is 10.0. The second-order valence-corrected chi connectivity index (χ2v) is 6.42. The Bertz CT molecular complexity index is 1090. The molecule has 0 radical (unpaired) electrons. The van der Waals surface area contributed by atoms with Crippen LogP contribution in [0.5, 0.6) is 5.75 Å². The summed E-state index contributed by atoms with van der Waals surface area (Å²) in [6, 6.07) is 16.1. The summed E-state index contributed by atoms with van der Waals surface area (Å²) >= 11 is 0. The van der Waals surface area contributed by atoms with Gasteiger partial charge in [0.15, 0.2) is 5.84 Å². The first-order chi connectivity index (χ1) is 13.4. The number of aliphatic imine (C=N–C) groups is 1. The van der Waals surface area contributed by atoms with E-state index in [2.05, 4.69) is 10.1 Å². The van der Waals surface area contributed by atoms with Crippen LogP contribution in [0.2, 0.25) is 0 Å². The maximum atomic E-state index is 12.9. The van der Waals surface area contributed by atoms with E-state index < -0.39 is 11.7 Å². The van der Waals surface area contributed by atoms with Crippen LogP contribution in [0.25, 0.3) is 10.8 Å². The van der Waals surface area contributed by atoms with E-state index in [1.807, 2.05) is 30.3 Å². The van der Waals surface area contributed by atoms with Crippen LogP contribution in [0, 0.1) is 0 Å². The predicted molar refractivity (Wildman–Crippen MR) is 104 cm³/mol. The Morgan fingerprint density at radius 1 is 1.04 bits per heavy atom. The Morgan fingerprint density at radius 3 is 2.68 bits per heavy atom. The van der Waals surface area contributed by atoms with Crippen molar-refractivity contribution in [1.29, 1.82) is 0 Å². The fourth-order valence-corrected chi connectivity index (χ4v) is 3.12. The number of halogens is 3. The number of amidine groups is 1. The molecule has 142 valence electrons. The number of phenols is 1. The van der Waals surface area contributed by atoms with E-state index >= 15 is 0 Å². The molecule has 0 aliphatic carbocycles. The molecule has 7 heteroatoms.